The van der Waals surface area contributed by atoms with Crippen LogP contribution in [0.4, 0.5) is 0 Å². The minimum atomic E-state index is -0.791. The maximum Gasteiger partial charge on any atom is 0.160 e. The molecular weight excluding hydrogens is 184 g/mol. The topological polar surface area (TPSA) is 58.9 Å². The molecule has 1 fully saturated rings. The van der Waals surface area contributed by atoms with Gasteiger partial charge >= 0.3 is 0 Å². The van der Waals surface area contributed by atoms with Crippen LogP contribution in [-0.4, -0.2) is 41.4 Å². The second-order valence-corrected chi connectivity index (χ2v) is 3.79. The molecule has 14 heavy (non-hydrogen) atoms. The molecule has 0 saturated carbocycles. The van der Waals surface area contributed by atoms with Gasteiger partial charge in [0, 0.05) is 13.0 Å². The molecule has 1 aliphatic rings. The Morgan fingerprint density at radius 1 is 1.43 bits per heavy atom. The lowest BCUT2D eigenvalue weighted by atomic mass is 10.0. The number of aliphatic hydroxyl groups is 2. The highest BCUT2D eigenvalue weighted by atomic mass is 16.7. The molecule has 4 atom stereocenters. The van der Waals surface area contributed by atoms with E-state index in [2.05, 4.69) is 6.92 Å². The van der Waals surface area contributed by atoms with Gasteiger partial charge in [0.2, 0.25) is 0 Å². The molecule has 0 aliphatic carbocycles. The van der Waals surface area contributed by atoms with E-state index in [-0.39, 0.29) is 12.4 Å². The van der Waals surface area contributed by atoms with E-state index in [1.54, 1.807) is 6.92 Å². The van der Waals surface area contributed by atoms with E-state index in [9.17, 15) is 10.2 Å². The summed E-state index contributed by atoms with van der Waals surface area (Å²) in [5, 5.41) is 18.9. The largest absolute Gasteiger partial charge is 0.390 e. The summed E-state index contributed by atoms with van der Waals surface area (Å²) in [6.07, 6.45) is 0.182. The maximum absolute atomic E-state index is 9.47. The molecule has 1 saturated heterocycles. The Morgan fingerprint density at radius 2 is 2.14 bits per heavy atom. The van der Waals surface area contributed by atoms with Crippen LogP contribution < -0.4 is 0 Å². The van der Waals surface area contributed by atoms with Crippen molar-refractivity contribution >= 4 is 0 Å². The Bertz CT molecular complexity index is 150. The van der Waals surface area contributed by atoms with Gasteiger partial charge in [-0.05, 0) is 13.3 Å². The third-order valence-corrected chi connectivity index (χ3v) is 2.48. The Balaban J connectivity index is 2.27. The first-order valence-corrected chi connectivity index (χ1v) is 5.28. The lowest BCUT2D eigenvalue weighted by Crippen LogP contribution is -2.47. The van der Waals surface area contributed by atoms with Crippen LogP contribution in [0.5, 0.6) is 0 Å². The van der Waals surface area contributed by atoms with Crippen LogP contribution in [0.25, 0.3) is 0 Å². The molecular formula is C10H20O4. The summed E-state index contributed by atoms with van der Waals surface area (Å²) in [6, 6.07) is 0. The second kappa shape index (κ2) is 5.66. The van der Waals surface area contributed by atoms with Crippen molar-refractivity contribution in [3.05, 3.63) is 0 Å². The molecule has 4 heteroatoms. The van der Waals surface area contributed by atoms with E-state index >= 15 is 0 Å². The Labute approximate surface area is 84.8 Å². The van der Waals surface area contributed by atoms with Crippen LogP contribution in [0.2, 0.25) is 0 Å². The molecule has 4 nitrogen and oxygen atoms in total. The highest BCUT2D eigenvalue weighted by Gasteiger charge is 2.34. The zero-order chi connectivity index (χ0) is 10.6. The Morgan fingerprint density at radius 3 is 2.71 bits per heavy atom. The number of unbranched alkanes of at least 4 members (excludes halogenated alkanes) is 1. The van der Waals surface area contributed by atoms with Crippen LogP contribution in [0, 0.1) is 0 Å². The smallest absolute Gasteiger partial charge is 0.160 e. The molecule has 0 spiro atoms. The quantitative estimate of drug-likeness (QED) is 0.660. The first-order chi connectivity index (χ1) is 6.65. The molecule has 1 unspecified atom stereocenters. The summed E-state index contributed by atoms with van der Waals surface area (Å²) in [7, 11) is 0. The number of aliphatic hydroxyl groups excluding tert-OH is 2. The molecule has 0 aromatic carbocycles. The molecule has 0 bridgehead atoms. The molecule has 1 heterocycles. The predicted molar refractivity (Wildman–Crippen MR) is 51.8 cm³/mol. The highest BCUT2D eigenvalue weighted by Crippen LogP contribution is 2.20. The van der Waals surface area contributed by atoms with Gasteiger partial charge in [0.05, 0.1) is 12.2 Å². The summed E-state index contributed by atoms with van der Waals surface area (Å²) in [6.45, 7) is 4.48. The highest BCUT2D eigenvalue weighted by molar-refractivity contribution is 4.79. The van der Waals surface area contributed by atoms with Crippen LogP contribution >= 0.6 is 0 Å². The molecule has 1 aliphatic heterocycles. The summed E-state index contributed by atoms with van der Waals surface area (Å²) >= 11 is 0. The average Bonchev–Trinajstić information content (AvgIpc) is 2.14. The molecule has 0 amide bonds. The van der Waals surface area contributed by atoms with E-state index in [4.69, 9.17) is 9.47 Å². The monoisotopic (exact) mass is 204 g/mol. The van der Waals surface area contributed by atoms with Gasteiger partial charge < -0.3 is 19.7 Å². The molecule has 0 radical (unpaired) electrons. The van der Waals surface area contributed by atoms with Gasteiger partial charge in [0.15, 0.2) is 6.29 Å². The van der Waals surface area contributed by atoms with E-state index < -0.39 is 12.2 Å². The first kappa shape index (κ1) is 11.9. The van der Waals surface area contributed by atoms with Crippen LogP contribution in [0.1, 0.15) is 33.1 Å². The van der Waals surface area contributed by atoms with Crippen LogP contribution in [0.15, 0.2) is 0 Å². The van der Waals surface area contributed by atoms with Gasteiger partial charge in [0.1, 0.15) is 6.10 Å². The molecule has 84 valence electrons. The van der Waals surface area contributed by atoms with E-state index in [1.165, 1.54) is 0 Å². The summed E-state index contributed by atoms with van der Waals surface area (Å²) in [5.41, 5.74) is 0. The van der Waals surface area contributed by atoms with Crippen molar-refractivity contribution in [1.29, 1.82) is 0 Å². The predicted octanol–water partition coefficient (Wildman–Crippen LogP) is 0.660. The van der Waals surface area contributed by atoms with Gasteiger partial charge in [-0.15, -0.1) is 0 Å². The average molecular weight is 204 g/mol. The zero-order valence-corrected chi connectivity index (χ0v) is 8.85. The van der Waals surface area contributed by atoms with Crippen molar-refractivity contribution in [2.24, 2.45) is 0 Å². The fourth-order valence-electron chi connectivity index (χ4n) is 1.49. The van der Waals surface area contributed by atoms with Crippen molar-refractivity contribution in [1.82, 2.24) is 0 Å². The van der Waals surface area contributed by atoms with Crippen molar-refractivity contribution in [2.75, 3.05) is 6.61 Å². The van der Waals surface area contributed by atoms with E-state index in [0.717, 1.165) is 12.8 Å². The number of ether oxygens (including phenoxy) is 2. The van der Waals surface area contributed by atoms with Crippen molar-refractivity contribution in [3.63, 3.8) is 0 Å². The fraction of sp³-hybridized carbons (Fsp3) is 1.00. The minimum absolute atomic E-state index is 0.356. The van der Waals surface area contributed by atoms with E-state index in [0.29, 0.717) is 13.0 Å². The van der Waals surface area contributed by atoms with Gasteiger partial charge in [-0.1, -0.05) is 13.3 Å². The number of rotatable bonds is 4. The Kier molecular flexibility index (Phi) is 4.81. The van der Waals surface area contributed by atoms with Crippen LogP contribution in [-0.2, 0) is 9.47 Å². The van der Waals surface area contributed by atoms with Gasteiger partial charge in [-0.25, -0.2) is 0 Å². The Hall–Kier alpha value is -0.160. The first-order valence-electron chi connectivity index (χ1n) is 5.28. The van der Waals surface area contributed by atoms with Crippen molar-refractivity contribution in [3.8, 4) is 0 Å². The lowest BCUT2D eigenvalue weighted by Gasteiger charge is -2.35. The fourth-order valence-corrected chi connectivity index (χ4v) is 1.49. The van der Waals surface area contributed by atoms with Crippen molar-refractivity contribution in [2.45, 2.75) is 57.7 Å². The molecule has 1 rings (SSSR count). The van der Waals surface area contributed by atoms with Crippen molar-refractivity contribution < 1.29 is 19.7 Å². The maximum atomic E-state index is 9.47. The lowest BCUT2D eigenvalue weighted by molar-refractivity contribution is -0.245. The third kappa shape index (κ3) is 3.20. The standard InChI is InChI=1S/C10H20O4/c1-3-4-5-13-9-6-8(11)10(12)7(2)14-9/h7-12H,3-6H2,1-2H3/t7-,8+,9?,10+/m1/s1. The second-order valence-electron chi connectivity index (χ2n) is 3.79. The number of hydrogen-bond donors (Lipinski definition) is 2. The van der Waals surface area contributed by atoms with Gasteiger partial charge in [0.25, 0.3) is 0 Å². The van der Waals surface area contributed by atoms with Gasteiger partial charge in [-0.2, -0.15) is 0 Å². The normalized spacial score (nSPS) is 38.6. The van der Waals surface area contributed by atoms with E-state index in [1.807, 2.05) is 0 Å². The number of hydrogen-bond acceptors (Lipinski definition) is 4. The zero-order valence-electron chi connectivity index (χ0n) is 8.85. The molecule has 2 N–H and O–H groups in total. The summed E-state index contributed by atoms with van der Waals surface area (Å²) in [5.74, 6) is 0. The third-order valence-electron chi connectivity index (χ3n) is 2.48. The molecule has 0 aromatic rings. The van der Waals surface area contributed by atoms with Crippen LogP contribution in [0.3, 0.4) is 0 Å². The van der Waals surface area contributed by atoms with Gasteiger partial charge in [-0.3, -0.25) is 0 Å². The minimum Gasteiger partial charge on any atom is -0.390 e. The summed E-state index contributed by atoms with van der Waals surface area (Å²) < 4.78 is 10.8. The summed E-state index contributed by atoms with van der Waals surface area (Å²) in [4.78, 5) is 0. The molecule has 0 aromatic heterocycles. The SMILES string of the molecule is CCCCOC1C[C@H](O)[C@@H](O)[C@@H](C)O1.